The standard InChI is InChI=1S/C23H19ClF3N3O3S/c1-16-20(24)11-6-12-21(16)30(34(32,33)19-9-3-2-4-10-19)15-22(31)29-28-14-17-7-5-8-18(13-17)23(25,26)27/h2-14H,15H2,1H3,(H,29,31)/b28-14+. The van der Waals surface area contributed by atoms with E-state index in [1.165, 1.54) is 30.3 Å². The molecule has 1 amide bonds. The highest BCUT2D eigenvalue weighted by atomic mass is 35.5. The predicted octanol–water partition coefficient (Wildman–Crippen LogP) is 5.01. The summed E-state index contributed by atoms with van der Waals surface area (Å²) in [5.41, 5.74) is 2.05. The fourth-order valence-electron chi connectivity index (χ4n) is 3.03. The lowest BCUT2D eigenvalue weighted by molar-refractivity contribution is -0.137. The zero-order valence-electron chi connectivity index (χ0n) is 17.8. The van der Waals surface area contributed by atoms with Gasteiger partial charge in [0.25, 0.3) is 15.9 Å². The number of rotatable bonds is 7. The van der Waals surface area contributed by atoms with E-state index in [2.05, 4.69) is 10.5 Å². The summed E-state index contributed by atoms with van der Waals surface area (Å²) in [5, 5.41) is 3.98. The second kappa shape index (κ2) is 10.3. The fraction of sp³-hybridized carbons (Fsp3) is 0.130. The quantitative estimate of drug-likeness (QED) is 0.359. The van der Waals surface area contributed by atoms with Gasteiger partial charge in [-0.2, -0.15) is 18.3 Å². The van der Waals surface area contributed by atoms with Crippen LogP contribution in [0.4, 0.5) is 18.9 Å². The predicted molar refractivity (Wildman–Crippen MR) is 124 cm³/mol. The molecule has 178 valence electrons. The molecule has 0 aliphatic rings. The number of carbonyl (C=O) groups is 1. The van der Waals surface area contributed by atoms with Crippen molar-refractivity contribution in [3.63, 3.8) is 0 Å². The summed E-state index contributed by atoms with van der Waals surface area (Å²) in [6, 6.07) is 16.6. The molecule has 0 radical (unpaired) electrons. The van der Waals surface area contributed by atoms with E-state index in [1.54, 1.807) is 37.3 Å². The Morgan fingerprint density at radius 2 is 1.74 bits per heavy atom. The van der Waals surface area contributed by atoms with Gasteiger partial charge in [-0.1, -0.05) is 48.0 Å². The van der Waals surface area contributed by atoms with Crippen molar-refractivity contribution < 1.29 is 26.4 Å². The summed E-state index contributed by atoms with van der Waals surface area (Å²) >= 11 is 6.16. The second-order valence-corrected chi connectivity index (χ2v) is 9.39. The van der Waals surface area contributed by atoms with E-state index in [1.807, 2.05) is 0 Å². The lowest BCUT2D eigenvalue weighted by Gasteiger charge is -2.25. The third-order valence-electron chi connectivity index (χ3n) is 4.74. The van der Waals surface area contributed by atoms with Crippen molar-refractivity contribution in [2.75, 3.05) is 10.8 Å². The topological polar surface area (TPSA) is 78.8 Å². The SMILES string of the molecule is Cc1c(Cl)cccc1N(CC(=O)N/N=C/c1cccc(C(F)(F)F)c1)S(=O)(=O)c1ccccc1. The van der Waals surface area contributed by atoms with Crippen LogP contribution in [0.25, 0.3) is 0 Å². The Morgan fingerprint density at radius 1 is 1.06 bits per heavy atom. The molecule has 11 heteroatoms. The number of hydrazone groups is 1. The Labute approximate surface area is 199 Å². The Balaban J connectivity index is 1.85. The molecule has 0 aliphatic heterocycles. The highest BCUT2D eigenvalue weighted by Gasteiger charge is 2.30. The lowest BCUT2D eigenvalue weighted by atomic mass is 10.1. The number of alkyl halides is 3. The average Bonchev–Trinajstić information content (AvgIpc) is 2.80. The normalized spacial score (nSPS) is 12.0. The number of hydrogen-bond donors (Lipinski definition) is 1. The van der Waals surface area contributed by atoms with Crippen LogP contribution in [0.1, 0.15) is 16.7 Å². The van der Waals surface area contributed by atoms with Gasteiger partial charge in [0.15, 0.2) is 0 Å². The maximum Gasteiger partial charge on any atom is 0.416 e. The van der Waals surface area contributed by atoms with Crippen molar-refractivity contribution in [2.45, 2.75) is 18.0 Å². The minimum atomic E-state index is -4.52. The monoisotopic (exact) mass is 509 g/mol. The zero-order valence-corrected chi connectivity index (χ0v) is 19.3. The molecule has 0 heterocycles. The van der Waals surface area contributed by atoms with Gasteiger partial charge in [0.05, 0.1) is 22.4 Å². The van der Waals surface area contributed by atoms with Crippen molar-refractivity contribution in [2.24, 2.45) is 5.10 Å². The maximum atomic E-state index is 13.3. The Bertz CT molecular complexity index is 1310. The first-order valence-corrected chi connectivity index (χ1v) is 11.6. The molecule has 0 atom stereocenters. The number of sulfonamides is 1. The van der Waals surface area contributed by atoms with E-state index in [-0.39, 0.29) is 16.1 Å². The smallest absolute Gasteiger partial charge is 0.271 e. The van der Waals surface area contributed by atoms with E-state index >= 15 is 0 Å². The average molecular weight is 510 g/mol. The molecule has 0 spiro atoms. The summed E-state index contributed by atoms with van der Waals surface area (Å²) in [6.07, 6.45) is -3.48. The van der Waals surface area contributed by atoms with Crippen LogP contribution in [-0.4, -0.2) is 27.1 Å². The van der Waals surface area contributed by atoms with Crippen LogP contribution in [0.5, 0.6) is 0 Å². The first-order valence-electron chi connectivity index (χ1n) is 9.82. The van der Waals surface area contributed by atoms with Gasteiger partial charge in [-0.25, -0.2) is 13.8 Å². The van der Waals surface area contributed by atoms with E-state index < -0.39 is 34.2 Å². The summed E-state index contributed by atoms with van der Waals surface area (Å²) in [4.78, 5) is 12.5. The van der Waals surface area contributed by atoms with Gasteiger partial charge in [-0.3, -0.25) is 9.10 Å². The molecular formula is C23H19ClF3N3O3S. The number of amides is 1. The fourth-order valence-corrected chi connectivity index (χ4v) is 4.69. The van der Waals surface area contributed by atoms with Gasteiger partial charge in [-0.15, -0.1) is 0 Å². The minimum Gasteiger partial charge on any atom is -0.271 e. The van der Waals surface area contributed by atoms with Crippen molar-refractivity contribution in [1.29, 1.82) is 0 Å². The second-order valence-electron chi connectivity index (χ2n) is 7.13. The van der Waals surface area contributed by atoms with Gasteiger partial charge in [0, 0.05) is 5.02 Å². The molecule has 34 heavy (non-hydrogen) atoms. The Hall–Kier alpha value is -3.37. The first kappa shape index (κ1) is 25.3. The highest BCUT2D eigenvalue weighted by molar-refractivity contribution is 7.92. The van der Waals surface area contributed by atoms with Crippen molar-refractivity contribution in [3.8, 4) is 0 Å². The van der Waals surface area contributed by atoms with Crippen LogP contribution in [-0.2, 0) is 21.0 Å². The first-order chi connectivity index (χ1) is 16.0. The molecule has 0 fully saturated rings. The van der Waals surface area contributed by atoms with Gasteiger partial charge in [0.1, 0.15) is 6.54 Å². The molecule has 0 saturated heterocycles. The molecule has 3 aromatic rings. The van der Waals surface area contributed by atoms with Gasteiger partial charge in [0.2, 0.25) is 0 Å². The number of nitrogens with zero attached hydrogens (tertiary/aromatic N) is 2. The Morgan fingerprint density at radius 3 is 2.41 bits per heavy atom. The molecule has 1 N–H and O–H groups in total. The van der Waals surface area contributed by atoms with Gasteiger partial charge in [-0.05, 0) is 54.4 Å². The molecule has 0 saturated carbocycles. The third kappa shape index (κ3) is 5.95. The summed E-state index contributed by atoms with van der Waals surface area (Å²) in [7, 11) is -4.15. The largest absolute Gasteiger partial charge is 0.416 e. The molecule has 0 aliphatic carbocycles. The van der Waals surface area contributed by atoms with Crippen molar-refractivity contribution in [1.82, 2.24) is 5.43 Å². The van der Waals surface area contributed by atoms with Crippen LogP contribution in [0, 0.1) is 6.92 Å². The minimum absolute atomic E-state index is 0.0327. The number of halogens is 4. The molecule has 3 aromatic carbocycles. The Kier molecular flexibility index (Phi) is 7.63. The van der Waals surface area contributed by atoms with E-state index in [0.29, 0.717) is 10.6 Å². The lowest BCUT2D eigenvalue weighted by Crippen LogP contribution is -2.40. The summed E-state index contributed by atoms with van der Waals surface area (Å²) in [5.74, 6) is -0.804. The zero-order chi connectivity index (χ0) is 24.9. The van der Waals surface area contributed by atoms with Gasteiger partial charge >= 0.3 is 6.18 Å². The number of hydrogen-bond acceptors (Lipinski definition) is 4. The molecular weight excluding hydrogens is 491 g/mol. The number of anilines is 1. The van der Waals surface area contributed by atoms with E-state index in [0.717, 1.165) is 22.7 Å². The van der Waals surface area contributed by atoms with Crippen molar-refractivity contribution >= 4 is 39.4 Å². The van der Waals surface area contributed by atoms with Crippen LogP contribution in [0.15, 0.2) is 82.8 Å². The van der Waals surface area contributed by atoms with E-state index in [4.69, 9.17) is 11.6 Å². The summed E-state index contributed by atoms with van der Waals surface area (Å²) in [6.45, 7) is 0.979. The highest BCUT2D eigenvalue weighted by Crippen LogP contribution is 2.31. The molecule has 0 bridgehead atoms. The van der Waals surface area contributed by atoms with Crippen LogP contribution in [0.2, 0.25) is 5.02 Å². The number of nitrogens with one attached hydrogen (secondary N) is 1. The number of benzene rings is 3. The van der Waals surface area contributed by atoms with Crippen LogP contribution < -0.4 is 9.73 Å². The van der Waals surface area contributed by atoms with Crippen molar-refractivity contribution in [3.05, 3.63) is 94.5 Å². The molecule has 3 rings (SSSR count). The van der Waals surface area contributed by atoms with E-state index in [9.17, 15) is 26.4 Å². The van der Waals surface area contributed by atoms with Gasteiger partial charge < -0.3 is 0 Å². The molecule has 0 unspecified atom stereocenters. The van der Waals surface area contributed by atoms with Crippen LogP contribution >= 0.6 is 11.6 Å². The third-order valence-corrected chi connectivity index (χ3v) is 6.93. The molecule has 6 nitrogen and oxygen atoms in total. The summed E-state index contributed by atoms with van der Waals surface area (Å²) < 4.78 is 66.1. The maximum absolute atomic E-state index is 13.3. The number of carbonyl (C=O) groups excluding carboxylic acids is 1. The molecule has 0 aromatic heterocycles. The van der Waals surface area contributed by atoms with Crippen LogP contribution in [0.3, 0.4) is 0 Å².